The monoisotopic (exact) mass is 322 g/mol. The lowest BCUT2D eigenvalue weighted by Gasteiger charge is -2.35. The Morgan fingerprint density at radius 2 is 2.10 bits per heavy atom. The molecule has 20 heavy (non-hydrogen) atoms. The Hall–Kier alpha value is -1.10. The summed E-state index contributed by atoms with van der Waals surface area (Å²) < 4.78 is 0. The predicted octanol–water partition coefficient (Wildman–Crippen LogP) is 4.72. The van der Waals surface area contributed by atoms with E-state index in [1.807, 2.05) is 35.6 Å². The molecule has 0 saturated heterocycles. The molecule has 2 heterocycles. The second-order valence-electron chi connectivity index (χ2n) is 4.86. The quantitative estimate of drug-likeness (QED) is 0.765. The van der Waals surface area contributed by atoms with Gasteiger partial charge in [-0.15, -0.1) is 11.3 Å². The molecule has 3 rings (SSSR count). The average Bonchev–Trinajstić information content (AvgIpc) is 2.91. The summed E-state index contributed by atoms with van der Waals surface area (Å²) in [5.74, 6) is 0. The fourth-order valence-corrected chi connectivity index (χ4v) is 3.97. The van der Waals surface area contributed by atoms with Crippen molar-refractivity contribution < 1.29 is 0 Å². The van der Waals surface area contributed by atoms with Crippen molar-refractivity contribution in [2.24, 2.45) is 0 Å². The van der Waals surface area contributed by atoms with E-state index in [9.17, 15) is 0 Å². The fraction of sp³-hybridized carbons (Fsp3) is 0.267. The van der Waals surface area contributed by atoms with Gasteiger partial charge in [-0.05, 0) is 66.8 Å². The van der Waals surface area contributed by atoms with Gasteiger partial charge in [-0.25, -0.2) is 0 Å². The molecule has 0 radical (unpaired) electrons. The summed E-state index contributed by atoms with van der Waals surface area (Å²) in [5.41, 5.74) is 2.38. The number of thiophene rings is 1. The summed E-state index contributed by atoms with van der Waals surface area (Å²) in [6, 6.07) is 10.2. The van der Waals surface area contributed by atoms with Crippen LogP contribution in [0.2, 0.25) is 5.02 Å². The highest BCUT2D eigenvalue weighted by atomic mass is 35.5. The van der Waals surface area contributed by atoms with Gasteiger partial charge in [0.15, 0.2) is 5.11 Å². The van der Waals surface area contributed by atoms with E-state index in [-0.39, 0.29) is 0 Å². The highest BCUT2D eigenvalue weighted by Gasteiger charge is 2.26. The molecule has 0 amide bonds. The fourth-order valence-electron chi connectivity index (χ4n) is 2.52. The lowest BCUT2D eigenvalue weighted by molar-refractivity contribution is 0.326. The van der Waals surface area contributed by atoms with E-state index >= 15 is 0 Å². The normalized spacial score (nSPS) is 17.7. The van der Waals surface area contributed by atoms with E-state index in [0.29, 0.717) is 6.04 Å². The first kappa shape index (κ1) is 13.9. The van der Waals surface area contributed by atoms with E-state index in [0.717, 1.165) is 28.8 Å². The van der Waals surface area contributed by atoms with E-state index in [1.165, 1.54) is 10.4 Å². The van der Waals surface area contributed by atoms with Crippen LogP contribution < -0.4 is 5.32 Å². The minimum atomic E-state index is 0.331. The van der Waals surface area contributed by atoms with E-state index < -0.39 is 0 Å². The summed E-state index contributed by atoms with van der Waals surface area (Å²) >= 11 is 13.3. The Morgan fingerprint density at radius 1 is 1.35 bits per heavy atom. The molecule has 0 fully saturated rings. The highest BCUT2D eigenvalue weighted by Crippen LogP contribution is 2.33. The smallest absolute Gasteiger partial charge is 0.173 e. The van der Waals surface area contributed by atoms with Gasteiger partial charge in [-0.2, -0.15) is 0 Å². The number of hydrogen-bond donors (Lipinski definition) is 1. The van der Waals surface area contributed by atoms with Gasteiger partial charge in [0.1, 0.15) is 0 Å². The van der Waals surface area contributed by atoms with Crippen LogP contribution in [-0.4, -0.2) is 16.6 Å². The zero-order valence-corrected chi connectivity index (χ0v) is 13.5. The second kappa shape index (κ2) is 5.72. The van der Waals surface area contributed by atoms with Crippen LogP contribution in [0.3, 0.4) is 0 Å². The van der Waals surface area contributed by atoms with Crippen LogP contribution in [0, 0.1) is 0 Å². The molecule has 1 atom stereocenters. The van der Waals surface area contributed by atoms with Gasteiger partial charge in [-0.3, -0.25) is 0 Å². The number of thiocarbonyl (C=S) groups is 1. The van der Waals surface area contributed by atoms with E-state index in [2.05, 4.69) is 28.6 Å². The average molecular weight is 323 g/mol. The van der Waals surface area contributed by atoms with Crippen molar-refractivity contribution in [1.29, 1.82) is 0 Å². The van der Waals surface area contributed by atoms with Crippen molar-refractivity contribution in [2.75, 3.05) is 11.9 Å². The largest absolute Gasteiger partial charge is 0.342 e. The summed E-state index contributed by atoms with van der Waals surface area (Å²) in [7, 11) is 0. The Kier molecular flexibility index (Phi) is 3.96. The Balaban J connectivity index is 1.73. The molecule has 0 bridgehead atoms. The van der Waals surface area contributed by atoms with Crippen LogP contribution in [0.1, 0.15) is 23.4 Å². The van der Waals surface area contributed by atoms with Crippen LogP contribution >= 0.6 is 35.2 Å². The van der Waals surface area contributed by atoms with E-state index in [1.54, 1.807) is 0 Å². The number of rotatable bonds is 1. The number of nitrogens with zero attached hydrogens (tertiary/aromatic N) is 1. The zero-order valence-electron chi connectivity index (χ0n) is 11.1. The molecular weight excluding hydrogens is 308 g/mol. The van der Waals surface area contributed by atoms with Crippen molar-refractivity contribution in [3.8, 4) is 0 Å². The Labute approximate surface area is 133 Å². The predicted molar refractivity (Wildman–Crippen MR) is 90.8 cm³/mol. The summed E-state index contributed by atoms with van der Waals surface area (Å²) in [4.78, 5) is 3.74. The SMILES string of the molecule is C[C@H]1c2ccsc2CCN1C(=S)Nc1ccc(Cl)cc1. The number of halogens is 1. The third kappa shape index (κ3) is 2.68. The molecule has 1 N–H and O–H groups in total. The maximum atomic E-state index is 5.89. The van der Waals surface area contributed by atoms with Gasteiger partial charge in [0.05, 0.1) is 6.04 Å². The van der Waals surface area contributed by atoms with E-state index in [4.69, 9.17) is 23.8 Å². The molecule has 104 valence electrons. The lowest BCUT2D eigenvalue weighted by atomic mass is 10.0. The number of fused-ring (bicyclic) bond motifs is 1. The highest BCUT2D eigenvalue weighted by molar-refractivity contribution is 7.80. The molecule has 2 aromatic rings. The Bertz CT molecular complexity index is 621. The van der Waals surface area contributed by atoms with Gasteiger partial charge in [-0.1, -0.05) is 11.6 Å². The maximum Gasteiger partial charge on any atom is 0.173 e. The minimum Gasteiger partial charge on any atom is -0.342 e. The first-order chi connectivity index (χ1) is 9.65. The zero-order chi connectivity index (χ0) is 14.1. The first-order valence-corrected chi connectivity index (χ1v) is 8.21. The summed E-state index contributed by atoms with van der Waals surface area (Å²) in [5, 5.41) is 6.97. The van der Waals surface area contributed by atoms with Crippen molar-refractivity contribution in [3.05, 3.63) is 51.2 Å². The standard InChI is InChI=1S/C15H15ClN2S2/c1-10-13-7-9-20-14(13)6-8-18(10)15(19)17-12-4-2-11(16)3-5-12/h2-5,7,9-10H,6,8H2,1H3,(H,17,19)/t10-/m0/s1. The van der Waals surface area contributed by atoms with Crippen LogP contribution in [0.4, 0.5) is 5.69 Å². The molecule has 5 heteroatoms. The number of hydrogen-bond acceptors (Lipinski definition) is 2. The molecule has 1 aromatic heterocycles. The second-order valence-corrected chi connectivity index (χ2v) is 6.68. The minimum absolute atomic E-state index is 0.331. The number of benzene rings is 1. The summed E-state index contributed by atoms with van der Waals surface area (Å²) in [6.45, 7) is 3.18. The molecule has 0 unspecified atom stereocenters. The van der Waals surface area contributed by atoms with Crippen molar-refractivity contribution in [2.45, 2.75) is 19.4 Å². The third-order valence-corrected chi connectivity index (χ3v) is 5.22. The molecule has 1 aliphatic rings. The number of nitrogens with one attached hydrogen (secondary N) is 1. The van der Waals surface area contributed by atoms with Crippen LogP contribution in [0.5, 0.6) is 0 Å². The van der Waals surface area contributed by atoms with Crippen molar-refractivity contribution >= 4 is 46.0 Å². The van der Waals surface area contributed by atoms with Crippen molar-refractivity contribution in [1.82, 2.24) is 4.90 Å². The van der Waals surface area contributed by atoms with Crippen LogP contribution in [0.25, 0.3) is 0 Å². The van der Waals surface area contributed by atoms with Gasteiger partial charge in [0.2, 0.25) is 0 Å². The topological polar surface area (TPSA) is 15.3 Å². The van der Waals surface area contributed by atoms with Gasteiger partial charge < -0.3 is 10.2 Å². The van der Waals surface area contributed by atoms with Gasteiger partial charge in [0.25, 0.3) is 0 Å². The van der Waals surface area contributed by atoms with Crippen LogP contribution in [-0.2, 0) is 6.42 Å². The van der Waals surface area contributed by atoms with Crippen LogP contribution in [0.15, 0.2) is 35.7 Å². The van der Waals surface area contributed by atoms with Gasteiger partial charge in [0, 0.05) is 22.1 Å². The third-order valence-electron chi connectivity index (χ3n) is 3.63. The first-order valence-electron chi connectivity index (χ1n) is 6.54. The molecule has 1 aromatic carbocycles. The molecule has 2 nitrogen and oxygen atoms in total. The molecule has 0 spiro atoms. The molecule has 0 saturated carbocycles. The number of anilines is 1. The molecule has 1 aliphatic heterocycles. The maximum absolute atomic E-state index is 5.89. The Morgan fingerprint density at radius 3 is 2.85 bits per heavy atom. The van der Waals surface area contributed by atoms with Gasteiger partial charge >= 0.3 is 0 Å². The lowest BCUT2D eigenvalue weighted by Crippen LogP contribution is -2.40. The molecular formula is C15H15ClN2S2. The molecule has 0 aliphatic carbocycles. The van der Waals surface area contributed by atoms with Crippen molar-refractivity contribution in [3.63, 3.8) is 0 Å². The summed E-state index contributed by atoms with van der Waals surface area (Å²) in [6.07, 6.45) is 1.07.